The Morgan fingerprint density at radius 2 is 2.10 bits per heavy atom. The third-order valence-electron chi connectivity index (χ3n) is 3.90. The van der Waals surface area contributed by atoms with Crippen LogP contribution in [0.3, 0.4) is 0 Å². The summed E-state index contributed by atoms with van der Waals surface area (Å²) in [5, 5.41) is 3.08. The van der Waals surface area contributed by atoms with Crippen molar-refractivity contribution >= 4 is 11.7 Å². The van der Waals surface area contributed by atoms with E-state index < -0.39 is 17.3 Å². The van der Waals surface area contributed by atoms with Gasteiger partial charge in [-0.25, -0.2) is 4.79 Å². The van der Waals surface area contributed by atoms with Crippen LogP contribution in [0, 0.1) is 0 Å². The summed E-state index contributed by atoms with van der Waals surface area (Å²) in [7, 11) is 0. The van der Waals surface area contributed by atoms with Crippen LogP contribution in [0.2, 0.25) is 0 Å². The fourth-order valence-electron chi connectivity index (χ4n) is 2.60. The second-order valence-corrected chi connectivity index (χ2v) is 5.15. The fourth-order valence-corrected chi connectivity index (χ4v) is 2.60. The second kappa shape index (κ2) is 5.58. The molecule has 1 aliphatic heterocycles. The maximum absolute atomic E-state index is 12.7. The zero-order valence-electron chi connectivity index (χ0n) is 12.0. The number of fused-ring (bicyclic) bond motifs is 1. The first-order chi connectivity index (χ1) is 9.82. The number of benzene rings is 1. The minimum atomic E-state index is -4.35. The van der Waals surface area contributed by atoms with E-state index in [1.165, 1.54) is 6.07 Å². The molecule has 1 heterocycles. The van der Waals surface area contributed by atoms with Crippen molar-refractivity contribution in [2.24, 2.45) is 0 Å². The monoisotopic (exact) mass is 301 g/mol. The largest absolute Gasteiger partial charge is 0.464 e. The van der Waals surface area contributed by atoms with Gasteiger partial charge in [0.05, 0.1) is 12.2 Å². The molecular weight excluding hydrogens is 283 g/mol. The predicted molar refractivity (Wildman–Crippen MR) is 73.0 cm³/mol. The van der Waals surface area contributed by atoms with Crippen molar-refractivity contribution in [2.45, 2.75) is 44.8 Å². The van der Waals surface area contributed by atoms with Crippen molar-refractivity contribution < 1.29 is 22.7 Å². The van der Waals surface area contributed by atoms with Crippen molar-refractivity contribution in [1.82, 2.24) is 0 Å². The number of aryl methyl sites for hydroxylation is 1. The summed E-state index contributed by atoms with van der Waals surface area (Å²) in [5.74, 6) is -0.349. The Morgan fingerprint density at radius 3 is 2.67 bits per heavy atom. The highest BCUT2D eigenvalue weighted by Crippen LogP contribution is 2.37. The Labute approximate surface area is 121 Å². The van der Waals surface area contributed by atoms with Gasteiger partial charge in [0.25, 0.3) is 0 Å². The van der Waals surface area contributed by atoms with Gasteiger partial charge in [0.15, 0.2) is 0 Å². The zero-order chi connectivity index (χ0) is 15.7. The third kappa shape index (κ3) is 2.99. The van der Waals surface area contributed by atoms with Crippen molar-refractivity contribution in [3.63, 3.8) is 0 Å². The maximum atomic E-state index is 12.7. The number of esters is 1. The number of carbonyl (C=O) groups excluding carboxylic acids is 1. The lowest BCUT2D eigenvalue weighted by Crippen LogP contribution is -2.49. The molecule has 1 aromatic carbocycles. The van der Waals surface area contributed by atoms with Gasteiger partial charge in [0.1, 0.15) is 5.54 Å². The molecule has 116 valence electrons. The van der Waals surface area contributed by atoms with Gasteiger partial charge in [-0.05, 0) is 49.9 Å². The second-order valence-electron chi connectivity index (χ2n) is 5.15. The van der Waals surface area contributed by atoms with E-state index in [1.54, 1.807) is 6.92 Å². The molecule has 0 bridgehead atoms. The lowest BCUT2D eigenvalue weighted by atomic mass is 9.83. The Balaban J connectivity index is 2.30. The van der Waals surface area contributed by atoms with E-state index in [1.807, 2.05) is 6.92 Å². The van der Waals surface area contributed by atoms with Crippen LogP contribution >= 0.6 is 0 Å². The molecule has 0 fully saturated rings. The van der Waals surface area contributed by atoms with Gasteiger partial charge in [0.2, 0.25) is 0 Å². The molecule has 1 aromatic rings. The van der Waals surface area contributed by atoms with Crippen molar-refractivity contribution in [3.8, 4) is 0 Å². The van der Waals surface area contributed by atoms with Crippen molar-refractivity contribution in [1.29, 1.82) is 0 Å². The summed E-state index contributed by atoms with van der Waals surface area (Å²) in [6.07, 6.45) is -2.99. The number of hydrogen-bond donors (Lipinski definition) is 1. The maximum Gasteiger partial charge on any atom is 0.416 e. The van der Waals surface area contributed by atoms with E-state index in [0.29, 0.717) is 30.5 Å². The first-order valence-electron chi connectivity index (χ1n) is 6.98. The molecule has 3 nitrogen and oxygen atoms in total. The molecular formula is C15H18F3NO2. The molecule has 0 amide bonds. The number of anilines is 1. The number of ether oxygens (including phenoxy) is 1. The Morgan fingerprint density at radius 1 is 1.38 bits per heavy atom. The summed E-state index contributed by atoms with van der Waals surface area (Å²) in [6.45, 7) is 3.87. The molecule has 6 heteroatoms. The zero-order valence-corrected chi connectivity index (χ0v) is 12.0. The van der Waals surface area contributed by atoms with Crippen LogP contribution in [0.25, 0.3) is 0 Å². The van der Waals surface area contributed by atoms with Gasteiger partial charge < -0.3 is 10.1 Å². The van der Waals surface area contributed by atoms with Gasteiger partial charge in [-0.1, -0.05) is 6.92 Å². The van der Waals surface area contributed by atoms with E-state index in [-0.39, 0.29) is 12.6 Å². The van der Waals surface area contributed by atoms with Crippen LogP contribution in [0.4, 0.5) is 18.9 Å². The Kier molecular flexibility index (Phi) is 4.16. The number of alkyl halides is 3. The summed E-state index contributed by atoms with van der Waals surface area (Å²) in [4.78, 5) is 12.1. The van der Waals surface area contributed by atoms with Crippen LogP contribution < -0.4 is 5.32 Å². The Bertz CT molecular complexity index is 542. The molecule has 1 N–H and O–H groups in total. The highest BCUT2D eigenvalue weighted by Gasteiger charge is 2.41. The summed E-state index contributed by atoms with van der Waals surface area (Å²) in [5.41, 5.74) is -0.353. The Hall–Kier alpha value is -1.72. The first kappa shape index (κ1) is 15.7. The molecule has 21 heavy (non-hydrogen) atoms. The van der Waals surface area contributed by atoms with Crippen molar-refractivity contribution in [2.75, 3.05) is 11.9 Å². The molecule has 2 rings (SSSR count). The number of nitrogens with one attached hydrogen (secondary N) is 1. The fraction of sp³-hybridized carbons (Fsp3) is 0.533. The molecule has 0 spiro atoms. The first-order valence-corrected chi connectivity index (χ1v) is 6.98. The molecule has 1 aliphatic rings. The van der Waals surface area contributed by atoms with E-state index in [0.717, 1.165) is 12.1 Å². The van der Waals surface area contributed by atoms with E-state index >= 15 is 0 Å². The lowest BCUT2D eigenvalue weighted by Gasteiger charge is -2.37. The van der Waals surface area contributed by atoms with Crippen LogP contribution in [0.5, 0.6) is 0 Å². The molecule has 0 saturated carbocycles. The van der Waals surface area contributed by atoms with Gasteiger partial charge in [-0.15, -0.1) is 0 Å². The number of rotatable bonds is 3. The minimum Gasteiger partial charge on any atom is -0.464 e. The summed E-state index contributed by atoms with van der Waals surface area (Å²) in [6, 6.07) is 3.57. The average Bonchev–Trinajstić information content (AvgIpc) is 2.45. The van der Waals surface area contributed by atoms with E-state index in [9.17, 15) is 18.0 Å². The van der Waals surface area contributed by atoms with Gasteiger partial charge in [-0.3, -0.25) is 0 Å². The minimum absolute atomic E-state index is 0.280. The highest BCUT2D eigenvalue weighted by molar-refractivity contribution is 5.86. The number of carbonyl (C=O) groups is 1. The quantitative estimate of drug-likeness (QED) is 0.864. The topological polar surface area (TPSA) is 38.3 Å². The molecule has 1 unspecified atom stereocenters. The third-order valence-corrected chi connectivity index (χ3v) is 3.90. The van der Waals surface area contributed by atoms with Crippen LogP contribution in [0.15, 0.2) is 18.2 Å². The smallest absolute Gasteiger partial charge is 0.416 e. The SMILES string of the molecule is CCOC(=O)C1(CC)CCc2cc(C(F)(F)F)ccc2N1. The standard InChI is InChI=1S/C15H18F3NO2/c1-3-14(13(20)21-4-2)8-7-10-9-11(15(16,17)18)5-6-12(10)19-14/h5-6,9,19H,3-4,7-8H2,1-2H3. The normalized spacial score (nSPS) is 21.4. The number of hydrogen-bond acceptors (Lipinski definition) is 3. The van der Waals surface area contributed by atoms with E-state index in [2.05, 4.69) is 5.32 Å². The van der Waals surface area contributed by atoms with Gasteiger partial charge in [-0.2, -0.15) is 13.2 Å². The highest BCUT2D eigenvalue weighted by atomic mass is 19.4. The van der Waals surface area contributed by atoms with E-state index in [4.69, 9.17) is 4.74 Å². The van der Waals surface area contributed by atoms with Crippen molar-refractivity contribution in [3.05, 3.63) is 29.3 Å². The van der Waals surface area contributed by atoms with Gasteiger partial charge in [0, 0.05) is 5.69 Å². The molecule has 0 radical (unpaired) electrons. The summed E-state index contributed by atoms with van der Waals surface area (Å²) < 4.78 is 43.2. The molecule has 0 aromatic heterocycles. The average molecular weight is 301 g/mol. The summed E-state index contributed by atoms with van der Waals surface area (Å²) >= 11 is 0. The number of halogens is 3. The molecule has 0 aliphatic carbocycles. The van der Waals surface area contributed by atoms with Crippen LogP contribution in [-0.2, 0) is 22.1 Å². The van der Waals surface area contributed by atoms with Crippen LogP contribution in [-0.4, -0.2) is 18.1 Å². The van der Waals surface area contributed by atoms with Gasteiger partial charge >= 0.3 is 12.1 Å². The van der Waals surface area contributed by atoms with Crippen LogP contribution in [0.1, 0.15) is 37.8 Å². The lowest BCUT2D eigenvalue weighted by molar-refractivity contribution is -0.149. The molecule has 1 atom stereocenters. The predicted octanol–water partition coefficient (Wildman–Crippen LogP) is 3.78. The molecule has 0 saturated heterocycles.